The van der Waals surface area contributed by atoms with Gasteiger partial charge in [-0.15, -0.1) is 0 Å². The summed E-state index contributed by atoms with van der Waals surface area (Å²) in [6.45, 7) is 4.67. The molecule has 0 heterocycles. The highest BCUT2D eigenvalue weighted by molar-refractivity contribution is 5.66. The lowest BCUT2D eigenvalue weighted by Crippen LogP contribution is -2.04. The maximum Gasteiger partial charge on any atom is 0.305 e. The summed E-state index contributed by atoms with van der Waals surface area (Å²) in [6, 6.07) is 3.85. The van der Waals surface area contributed by atoms with Gasteiger partial charge >= 0.3 is 5.97 Å². The van der Waals surface area contributed by atoms with Crippen LogP contribution in [0.25, 0.3) is 0 Å². The van der Waals surface area contributed by atoms with Gasteiger partial charge < -0.3 is 14.6 Å². The summed E-state index contributed by atoms with van der Waals surface area (Å²) in [6.07, 6.45) is 0.0359. The molecule has 17 heavy (non-hydrogen) atoms. The Morgan fingerprint density at radius 3 is 2.59 bits per heavy atom. The van der Waals surface area contributed by atoms with Crippen molar-refractivity contribution in [3.8, 4) is 5.75 Å². The maximum atomic E-state index is 10.3. The quantitative estimate of drug-likeness (QED) is 0.773. The van der Waals surface area contributed by atoms with Crippen molar-refractivity contribution in [2.75, 3.05) is 13.7 Å². The summed E-state index contributed by atoms with van der Waals surface area (Å²) >= 11 is 0. The molecule has 0 radical (unpaired) electrons. The highest BCUT2D eigenvalue weighted by atomic mass is 16.5. The number of methoxy groups -OCH3 is 1. The molecule has 0 fully saturated rings. The summed E-state index contributed by atoms with van der Waals surface area (Å²) in [5, 5.41) is 8.48. The summed E-state index contributed by atoms with van der Waals surface area (Å²) < 4.78 is 10.5. The van der Waals surface area contributed by atoms with E-state index in [2.05, 4.69) is 0 Å². The highest BCUT2D eigenvalue weighted by Crippen LogP contribution is 2.24. The fourth-order valence-electron chi connectivity index (χ4n) is 1.57. The molecule has 0 aliphatic heterocycles. The Bertz CT molecular complexity index is 399. The van der Waals surface area contributed by atoms with E-state index in [9.17, 15) is 4.79 Å². The molecule has 1 rings (SSSR count). The first-order valence-electron chi connectivity index (χ1n) is 5.49. The lowest BCUT2D eigenvalue weighted by atomic mass is 10.0. The first-order valence-corrected chi connectivity index (χ1v) is 5.49. The van der Waals surface area contributed by atoms with Gasteiger partial charge in [-0.2, -0.15) is 0 Å². The van der Waals surface area contributed by atoms with E-state index >= 15 is 0 Å². The minimum atomic E-state index is -0.840. The number of ether oxygens (including phenoxy) is 2. The second-order valence-electron chi connectivity index (χ2n) is 3.87. The summed E-state index contributed by atoms with van der Waals surface area (Å²) in [7, 11) is 1.64. The summed E-state index contributed by atoms with van der Waals surface area (Å²) in [5.41, 5.74) is 3.28. The normalized spacial score (nSPS) is 10.3. The number of rotatable bonds is 6. The average molecular weight is 238 g/mol. The molecule has 0 aliphatic carbocycles. The minimum Gasteiger partial charge on any atom is -0.496 e. The molecule has 0 spiro atoms. The largest absolute Gasteiger partial charge is 0.496 e. The van der Waals surface area contributed by atoms with Gasteiger partial charge in [0.15, 0.2) is 0 Å². The van der Waals surface area contributed by atoms with Gasteiger partial charge in [0.1, 0.15) is 5.75 Å². The molecule has 4 nitrogen and oxygen atoms in total. The molecule has 0 aliphatic rings. The van der Waals surface area contributed by atoms with E-state index in [4.69, 9.17) is 14.6 Å². The van der Waals surface area contributed by atoms with E-state index in [0.717, 1.165) is 22.4 Å². The van der Waals surface area contributed by atoms with Crippen molar-refractivity contribution in [1.82, 2.24) is 0 Å². The molecule has 1 aromatic rings. The van der Waals surface area contributed by atoms with Gasteiger partial charge in [0, 0.05) is 0 Å². The van der Waals surface area contributed by atoms with Crippen molar-refractivity contribution in [2.45, 2.75) is 26.9 Å². The second-order valence-corrected chi connectivity index (χ2v) is 3.87. The third-order valence-corrected chi connectivity index (χ3v) is 2.79. The number of carboxylic acid groups (broad SMARTS) is 1. The number of hydrogen-bond acceptors (Lipinski definition) is 3. The van der Waals surface area contributed by atoms with Crippen LogP contribution < -0.4 is 4.74 Å². The monoisotopic (exact) mass is 238 g/mol. The summed E-state index contributed by atoms with van der Waals surface area (Å²) in [4.78, 5) is 10.3. The van der Waals surface area contributed by atoms with Gasteiger partial charge in [-0.25, -0.2) is 0 Å². The molecule has 1 aromatic carbocycles. The van der Waals surface area contributed by atoms with Gasteiger partial charge in [-0.3, -0.25) is 4.79 Å². The van der Waals surface area contributed by atoms with E-state index in [-0.39, 0.29) is 13.0 Å². The third kappa shape index (κ3) is 3.75. The van der Waals surface area contributed by atoms with E-state index in [1.165, 1.54) is 0 Å². The van der Waals surface area contributed by atoms with Crippen LogP contribution in [0.4, 0.5) is 0 Å². The molecular formula is C13H18O4. The molecule has 0 saturated carbocycles. The predicted molar refractivity (Wildman–Crippen MR) is 64.4 cm³/mol. The van der Waals surface area contributed by atoms with Crippen LogP contribution in [0.3, 0.4) is 0 Å². The molecule has 0 atom stereocenters. The first-order chi connectivity index (χ1) is 8.06. The molecule has 4 heteroatoms. The fraction of sp³-hybridized carbons (Fsp3) is 0.462. The van der Waals surface area contributed by atoms with Crippen molar-refractivity contribution in [3.05, 3.63) is 28.8 Å². The molecule has 94 valence electrons. The number of benzene rings is 1. The number of hydrogen-bond donors (Lipinski definition) is 1. The molecule has 0 saturated heterocycles. The summed E-state index contributed by atoms with van der Waals surface area (Å²) in [5.74, 6) is 0.0180. The van der Waals surface area contributed by atoms with Crippen LogP contribution in [0.15, 0.2) is 12.1 Å². The maximum absolute atomic E-state index is 10.3. The Kier molecular flexibility index (Phi) is 4.97. The second kappa shape index (κ2) is 6.25. The lowest BCUT2D eigenvalue weighted by molar-refractivity contribution is -0.138. The Labute approximate surface area is 101 Å². The fourth-order valence-corrected chi connectivity index (χ4v) is 1.57. The zero-order chi connectivity index (χ0) is 12.8. The van der Waals surface area contributed by atoms with Crippen molar-refractivity contribution < 1.29 is 19.4 Å². The lowest BCUT2D eigenvalue weighted by Gasteiger charge is -2.12. The van der Waals surface area contributed by atoms with Gasteiger partial charge in [-0.05, 0) is 36.6 Å². The van der Waals surface area contributed by atoms with Crippen LogP contribution in [0.2, 0.25) is 0 Å². The van der Waals surface area contributed by atoms with Crippen LogP contribution in [0.1, 0.15) is 23.1 Å². The van der Waals surface area contributed by atoms with Crippen LogP contribution in [0.5, 0.6) is 5.75 Å². The molecule has 0 bridgehead atoms. The smallest absolute Gasteiger partial charge is 0.305 e. The van der Waals surface area contributed by atoms with E-state index in [1.54, 1.807) is 7.11 Å². The van der Waals surface area contributed by atoms with Gasteiger partial charge in [-0.1, -0.05) is 6.07 Å². The number of carbonyl (C=O) groups is 1. The van der Waals surface area contributed by atoms with Crippen molar-refractivity contribution in [3.63, 3.8) is 0 Å². The van der Waals surface area contributed by atoms with Crippen LogP contribution in [0, 0.1) is 13.8 Å². The van der Waals surface area contributed by atoms with Crippen molar-refractivity contribution >= 4 is 5.97 Å². The van der Waals surface area contributed by atoms with E-state index in [1.807, 2.05) is 26.0 Å². The number of carboxylic acids is 1. The van der Waals surface area contributed by atoms with E-state index < -0.39 is 5.97 Å². The number of aliphatic carboxylic acids is 1. The zero-order valence-electron chi connectivity index (χ0n) is 10.4. The minimum absolute atomic E-state index is 0.0359. The molecule has 0 unspecified atom stereocenters. The Hall–Kier alpha value is -1.55. The van der Waals surface area contributed by atoms with Crippen LogP contribution in [-0.4, -0.2) is 24.8 Å². The third-order valence-electron chi connectivity index (χ3n) is 2.79. The Balaban J connectivity index is 2.60. The van der Waals surface area contributed by atoms with Crippen LogP contribution >= 0.6 is 0 Å². The van der Waals surface area contributed by atoms with Crippen molar-refractivity contribution in [2.24, 2.45) is 0 Å². The molecule has 0 aromatic heterocycles. The Morgan fingerprint density at radius 2 is 2.00 bits per heavy atom. The van der Waals surface area contributed by atoms with Gasteiger partial charge in [0.2, 0.25) is 0 Å². The highest BCUT2D eigenvalue weighted by Gasteiger charge is 2.06. The first kappa shape index (κ1) is 13.5. The molecule has 0 amide bonds. The van der Waals surface area contributed by atoms with Gasteiger partial charge in [0.05, 0.1) is 26.7 Å². The zero-order valence-corrected chi connectivity index (χ0v) is 10.4. The molecule has 1 N–H and O–H groups in total. The van der Waals surface area contributed by atoms with E-state index in [0.29, 0.717) is 6.61 Å². The molecular weight excluding hydrogens is 220 g/mol. The topological polar surface area (TPSA) is 55.8 Å². The average Bonchev–Trinajstić information content (AvgIpc) is 2.29. The standard InChI is InChI=1S/C13H18O4/c1-9-10(2)12(16-3)5-4-11(9)8-17-7-6-13(14)15/h4-5H,6-8H2,1-3H3,(H,14,15). The Morgan fingerprint density at radius 1 is 1.29 bits per heavy atom. The van der Waals surface area contributed by atoms with Crippen LogP contribution in [-0.2, 0) is 16.1 Å². The van der Waals surface area contributed by atoms with Gasteiger partial charge in [0.25, 0.3) is 0 Å². The van der Waals surface area contributed by atoms with Crippen molar-refractivity contribution in [1.29, 1.82) is 0 Å². The SMILES string of the molecule is COc1ccc(COCCC(=O)O)c(C)c1C. The predicted octanol–water partition coefficient (Wildman–Crippen LogP) is 2.30.